The van der Waals surface area contributed by atoms with Crippen molar-refractivity contribution in [1.82, 2.24) is 14.4 Å². The van der Waals surface area contributed by atoms with E-state index >= 15 is 0 Å². The number of rotatable bonds is 8. The van der Waals surface area contributed by atoms with Crippen LogP contribution in [-0.2, 0) is 0 Å². The van der Waals surface area contributed by atoms with Gasteiger partial charge in [0.25, 0.3) is 0 Å². The minimum atomic E-state index is 0.511. The summed E-state index contributed by atoms with van der Waals surface area (Å²) < 4.78 is 34.8. The lowest BCUT2D eigenvalue weighted by molar-refractivity contribution is 0.324. The van der Waals surface area contributed by atoms with Crippen molar-refractivity contribution in [3.63, 3.8) is 0 Å². The van der Waals surface area contributed by atoms with E-state index < -0.39 is 0 Å². The highest BCUT2D eigenvalue weighted by molar-refractivity contribution is 5.80. The third-order valence-corrected chi connectivity index (χ3v) is 5.33. The Morgan fingerprint density at radius 3 is 1.55 bits per heavy atom. The lowest BCUT2D eigenvalue weighted by atomic mass is 10.1. The van der Waals surface area contributed by atoms with Crippen LogP contribution in [-0.4, -0.2) is 57.0 Å². The molecule has 0 fully saturated rings. The van der Waals surface area contributed by atoms with E-state index in [-0.39, 0.29) is 0 Å². The van der Waals surface area contributed by atoms with E-state index in [1.807, 2.05) is 34.9 Å². The number of methoxy groups -OCH3 is 6. The molecule has 0 aliphatic heterocycles. The minimum Gasteiger partial charge on any atom is -0.493 e. The van der Waals surface area contributed by atoms with Crippen LogP contribution in [0.25, 0.3) is 28.2 Å². The van der Waals surface area contributed by atoms with Crippen LogP contribution in [0.1, 0.15) is 0 Å². The monoisotopic (exact) mass is 451 g/mol. The molecule has 0 aliphatic rings. The Labute approximate surface area is 191 Å². The number of hydrogen-bond donors (Lipinski definition) is 0. The molecule has 9 nitrogen and oxygen atoms in total. The Hall–Kier alpha value is -4.14. The minimum absolute atomic E-state index is 0.511. The molecule has 4 rings (SSSR count). The van der Waals surface area contributed by atoms with Gasteiger partial charge in [0.15, 0.2) is 28.6 Å². The van der Waals surface area contributed by atoms with Crippen LogP contribution in [0.15, 0.2) is 42.9 Å². The van der Waals surface area contributed by atoms with E-state index in [0.29, 0.717) is 45.8 Å². The summed E-state index contributed by atoms with van der Waals surface area (Å²) in [5, 5.41) is 0. The molecule has 0 N–H and O–H groups in total. The first kappa shape index (κ1) is 22.1. The number of nitrogens with zero attached hydrogens (tertiary/aromatic N) is 3. The van der Waals surface area contributed by atoms with E-state index in [1.165, 1.54) is 0 Å². The van der Waals surface area contributed by atoms with Gasteiger partial charge in [0.2, 0.25) is 11.5 Å². The smallest absolute Gasteiger partial charge is 0.203 e. The average Bonchev–Trinajstić information content (AvgIpc) is 3.31. The first-order chi connectivity index (χ1) is 16.1. The summed E-state index contributed by atoms with van der Waals surface area (Å²) in [5.41, 5.74) is 3.78. The summed E-state index contributed by atoms with van der Waals surface area (Å²) in [6.45, 7) is 0. The molecule has 0 bridgehead atoms. The van der Waals surface area contributed by atoms with Crippen LogP contribution in [0, 0.1) is 0 Å². The second-order valence-electron chi connectivity index (χ2n) is 6.94. The summed E-state index contributed by atoms with van der Waals surface area (Å²) in [6, 6.07) is 7.45. The Balaban J connectivity index is 1.91. The van der Waals surface area contributed by atoms with Crippen molar-refractivity contribution in [2.24, 2.45) is 0 Å². The van der Waals surface area contributed by atoms with E-state index in [2.05, 4.69) is 9.97 Å². The zero-order chi connectivity index (χ0) is 23.5. The normalized spacial score (nSPS) is 10.7. The average molecular weight is 451 g/mol. The van der Waals surface area contributed by atoms with E-state index in [1.54, 1.807) is 55.1 Å². The lowest BCUT2D eigenvalue weighted by Gasteiger charge is -2.15. The molecule has 9 heteroatoms. The molecule has 2 aromatic carbocycles. The van der Waals surface area contributed by atoms with Gasteiger partial charge in [0, 0.05) is 23.5 Å². The van der Waals surface area contributed by atoms with Crippen LogP contribution < -0.4 is 28.4 Å². The van der Waals surface area contributed by atoms with Crippen LogP contribution >= 0.6 is 0 Å². The van der Waals surface area contributed by atoms with Crippen LogP contribution in [0.2, 0.25) is 0 Å². The summed E-state index contributed by atoms with van der Waals surface area (Å²) in [6.07, 6.45) is 5.34. The Kier molecular flexibility index (Phi) is 6.12. The maximum absolute atomic E-state index is 5.51. The number of hydrogen-bond acceptors (Lipinski definition) is 8. The second-order valence-corrected chi connectivity index (χ2v) is 6.94. The number of imidazole rings is 1. The summed E-state index contributed by atoms with van der Waals surface area (Å²) >= 11 is 0. The van der Waals surface area contributed by atoms with Gasteiger partial charge >= 0.3 is 0 Å². The molecular weight excluding hydrogens is 426 g/mol. The standard InChI is InChI=1S/C24H25N3O6/c1-28-17-9-14(10-18(29-2)22(17)32-5)16-13-26-24-21(25-7-8-27(16)24)15-11-19(30-3)23(33-6)20(12-15)31-4/h7-13H,1-6H3. The van der Waals surface area contributed by atoms with Crippen LogP contribution in [0.4, 0.5) is 0 Å². The van der Waals surface area contributed by atoms with Gasteiger partial charge in [-0.05, 0) is 24.3 Å². The van der Waals surface area contributed by atoms with E-state index in [4.69, 9.17) is 28.4 Å². The Morgan fingerprint density at radius 2 is 1.09 bits per heavy atom. The van der Waals surface area contributed by atoms with Crippen molar-refractivity contribution in [1.29, 1.82) is 0 Å². The first-order valence-electron chi connectivity index (χ1n) is 10.0. The van der Waals surface area contributed by atoms with Gasteiger partial charge in [-0.25, -0.2) is 4.98 Å². The molecular formula is C24H25N3O6. The van der Waals surface area contributed by atoms with Crippen LogP contribution in [0.3, 0.4) is 0 Å². The maximum atomic E-state index is 5.51. The van der Waals surface area contributed by atoms with Gasteiger partial charge in [-0.15, -0.1) is 0 Å². The molecule has 0 radical (unpaired) electrons. The van der Waals surface area contributed by atoms with Crippen molar-refractivity contribution in [2.45, 2.75) is 0 Å². The Bertz CT molecular complexity index is 1250. The topological polar surface area (TPSA) is 85.6 Å². The molecule has 4 aromatic rings. The molecule has 172 valence electrons. The molecule has 0 amide bonds. The third kappa shape index (κ3) is 3.71. The molecule has 33 heavy (non-hydrogen) atoms. The number of aromatic nitrogens is 3. The molecule has 2 aromatic heterocycles. The third-order valence-electron chi connectivity index (χ3n) is 5.33. The summed E-state index contributed by atoms with van der Waals surface area (Å²) in [7, 11) is 9.46. The van der Waals surface area contributed by atoms with Crippen molar-refractivity contribution >= 4 is 5.65 Å². The zero-order valence-corrected chi connectivity index (χ0v) is 19.3. The lowest BCUT2D eigenvalue weighted by Crippen LogP contribution is -1.98. The van der Waals surface area contributed by atoms with Gasteiger partial charge in [0.05, 0.1) is 54.5 Å². The summed E-state index contributed by atoms with van der Waals surface area (Å²) in [4.78, 5) is 9.23. The van der Waals surface area contributed by atoms with E-state index in [0.717, 1.165) is 16.8 Å². The van der Waals surface area contributed by atoms with Gasteiger partial charge in [-0.3, -0.25) is 9.38 Å². The van der Waals surface area contributed by atoms with Crippen molar-refractivity contribution in [3.05, 3.63) is 42.9 Å². The first-order valence-corrected chi connectivity index (χ1v) is 10.0. The Morgan fingerprint density at radius 1 is 0.606 bits per heavy atom. The highest BCUT2D eigenvalue weighted by atomic mass is 16.5. The van der Waals surface area contributed by atoms with Crippen molar-refractivity contribution in [2.75, 3.05) is 42.7 Å². The fourth-order valence-corrected chi connectivity index (χ4v) is 3.78. The zero-order valence-electron chi connectivity index (χ0n) is 19.3. The quantitative estimate of drug-likeness (QED) is 0.396. The van der Waals surface area contributed by atoms with Crippen molar-refractivity contribution in [3.8, 4) is 57.0 Å². The molecule has 0 atom stereocenters. The number of fused-ring (bicyclic) bond motifs is 1. The van der Waals surface area contributed by atoms with Gasteiger partial charge < -0.3 is 28.4 Å². The fourth-order valence-electron chi connectivity index (χ4n) is 3.78. The highest BCUT2D eigenvalue weighted by Gasteiger charge is 2.20. The van der Waals surface area contributed by atoms with Gasteiger partial charge in [0.1, 0.15) is 5.69 Å². The predicted octanol–water partition coefficient (Wildman–Crippen LogP) is 4.11. The molecule has 0 unspecified atom stereocenters. The molecule has 0 saturated carbocycles. The maximum Gasteiger partial charge on any atom is 0.203 e. The van der Waals surface area contributed by atoms with E-state index in [9.17, 15) is 0 Å². The molecule has 0 saturated heterocycles. The summed E-state index contributed by atoms with van der Waals surface area (Å²) in [5.74, 6) is 3.22. The predicted molar refractivity (Wildman–Crippen MR) is 123 cm³/mol. The largest absolute Gasteiger partial charge is 0.493 e. The molecule has 0 spiro atoms. The number of benzene rings is 2. The van der Waals surface area contributed by atoms with Gasteiger partial charge in [-0.1, -0.05) is 0 Å². The van der Waals surface area contributed by atoms with Crippen molar-refractivity contribution < 1.29 is 28.4 Å². The van der Waals surface area contributed by atoms with Crippen LogP contribution in [0.5, 0.6) is 34.5 Å². The van der Waals surface area contributed by atoms with Gasteiger partial charge in [-0.2, -0.15) is 0 Å². The molecule has 2 heterocycles. The SMILES string of the molecule is COc1cc(-c2nccn3c(-c4cc(OC)c(OC)c(OC)c4)cnc23)cc(OC)c1OC. The second kappa shape index (κ2) is 9.15. The molecule has 0 aliphatic carbocycles. The highest BCUT2D eigenvalue weighted by Crippen LogP contribution is 2.43. The number of ether oxygens (including phenoxy) is 6. The fraction of sp³-hybridized carbons (Fsp3) is 0.250.